The van der Waals surface area contributed by atoms with Crippen LogP contribution in [-0.2, 0) is 9.53 Å². The molecular formula is C26H38N8O3S. The SMILES string of the molecule is C[C@@H]1CCN(C(=O)CC#N)C[C@@H]1N(C)c1ncnc2c1ccn2C(=S)NCCCCNC(=O)OC(C)(C)C. The number of aromatic nitrogens is 3. The molecule has 0 saturated carbocycles. The van der Waals surface area contributed by atoms with Crippen LogP contribution in [0.2, 0.25) is 0 Å². The first kappa shape index (κ1) is 29.1. The van der Waals surface area contributed by atoms with Crippen molar-refractivity contribution in [3.8, 4) is 6.07 Å². The number of anilines is 1. The first-order valence-corrected chi connectivity index (χ1v) is 13.4. The Bertz CT molecular complexity index is 1190. The number of fused-ring (bicyclic) bond motifs is 1. The summed E-state index contributed by atoms with van der Waals surface area (Å²) in [6.45, 7) is 10.1. The summed E-state index contributed by atoms with van der Waals surface area (Å²) in [4.78, 5) is 37.0. The molecule has 2 amide bonds. The van der Waals surface area contributed by atoms with Crippen molar-refractivity contribution in [2.45, 2.75) is 65.0 Å². The van der Waals surface area contributed by atoms with Crippen LogP contribution < -0.4 is 15.5 Å². The molecule has 0 radical (unpaired) electrons. The Morgan fingerprint density at radius 3 is 2.66 bits per heavy atom. The van der Waals surface area contributed by atoms with Gasteiger partial charge in [0.15, 0.2) is 10.8 Å². The summed E-state index contributed by atoms with van der Waals surface area (Å²) < 4.78 is 7.06. The summed E-state index contributed by atoms with van der Waals surface area (Å²) in [5.41, 5.74) is 0.189. The number of hydrogen-bond acceptors (Lipinski definition) is 8. The highest BCUT2D eigenvalue weighted by atomic mass is 32.1. The van der Waals surface area contributed by atoms with Crippen molar-refractivity contribution >= 4 is 46.2 Å². The van der Waals surface area contributed by atoms with E-state index in [1.165, 1.54) is 6.33 Å². The lowest BCUT2D eigenvalue weighted by molar-refractivity contribution is -0.131. The fourth-order valence-electron chi connectivity index (χ4n) is 4.53. The molecule has 0 bridgehead atoms. The van der Waals surface area contributed by atoms with Gasteiger partial charge in [-0.2, -0.15) is 5.26 Å². The van der Waals surface area contributed by atoms with Crippen LogP contribution in [0.1, 0.15) is 53.4 Å². The molecule has 2 aromatic heterocycles. The van der Waals surface area contributed by atoms with Crippen LogP contribution in [0.5, 0.6) is 0 Å². The van der Waals surface area contributed by atoms with Crippen LogP contribution in [0, 0.1) is 17.2 Å². The molecule has 1 aliphatic rings. The van der Waals surface area contributed by atoms with E-state index in [0.717, 1.165) is 30.5 Å². The number of nitrogens with zero attached hydrogens (tertiary/aromatic N) is 6. The van der Waals surface area contributed by atoms with Gasteiger partial charge in [-0.1, -0.05) is 6.92 Å². The summed E-state index contributed by atoms with van der Waals surface area (Å²) >= 11 is 5.62. The molecule has 12 heteroatoms. The van der Waals surface area contributed by atoms with E-state index in [9.17, 15) is 9.59 Å². The van der Waals surface area contributed by atoms with E-state index in [1.54, 1.807) is 4.90 Å². The van der Waals surface area contributed by atoms with E-state index in [4.69, 9.17) is 22.2 Å². The Hall–Kier alpha value is -3.46. The lowest BCUT2D eigenvalue weighted by Gasteiger charge is -2.42. The van der Waals surface area contributed by atoms with Crippen LogP contribution in [-0.4, -0.2) is 81.4 Å². The molecule has 2 aromatic rings. The van der Waals surface area contributed by atoms with E-state index in [1.807, 2.05) is 50.7 Å². The number of ether oxygens (including phenoxy) is 1. The molecule has 38 heavy (non-hydrogen) atoms. The van der Waals surface area contributed by atoms with Crippen molar-refractivity contribution in [1.82, 2.24) is 30.1 Å². The molecule has 1 aliphatic heterocycles. The number of amides is 2. The fourth-order valence-corrected chi connectivity index (χ4v) is 4.78. The van der Waals surface area contributed by atoms with Crippen molar-refractivity contribution < 1.29 is 14.3 Å². The second kappa shape index (κ2) is 12.9. The maximum atomic E-state index is 12.3. The van der Waals surface area contributed by atoms with Gasteiger partial charge < -0.3 is 25.2 Å². The predicted molar refractivity (Wildman–Crippen MR) is 150 cm³/mol. The minimum absolute atomic E-state index is 0.0622. The molecule has 0 aromatic carbocycles. The Morgan fingerprint density at radius 1 is 1.26 bits per heavy atom. The Kier molecular flexibility index (Phi) is 9.85. The first-order valence-electron chi connectivity index (χ1n) is 13.0. The normalized spacial score (nSPS) is 17.5. The first-order chi connectivity index (χ1) is 18.0. The maximum Gasteiger partial charge on any atom is 0.407 e. The fraction of sp³-hybridized carbons (Fsp3) is 0.615. The van der Waals surface area contributed by atoms with Crippen LogP contribution in [0.3, 0.4) is 0 Å². The monoisotopic (exact) mass is 542 g/mol. The minimum atomic E-state index is -0.512. The number of thiocarbonyl (C=S) groups is 1. The van der Waals surface area contributed by atoms with Crippen LogP contribution >= 0.6 is 12.2 Å². The number of carbonyl (C=O) groups is 2. The number of carbonyl (C=O) groups excluding carboxylic acids is 2. The lowest BCUT2D eigenvalue weighted by atomic mass is 9.92. The molecular weight excluding hydrogens is 504 g/mol. The van der Waals surface area contributed by atoms with Gasteiger partial charge in [-0.25, -0.2) is 14.8 Å². The van der Waals surface area contributed by atoms with Gasteiger partial charge >= 0.3 is 6.09 Å². The van der Waals surface area contributed by atoms with Crippen molar-refractivity contribution in [3.63, 3.8) is 0 Å². The Morgan fingerprint density at radius 2 is 1.97 bits per heavy atom. The number of hydrogen-bond donors (Lipinski definition) is 2. The molecule has 2 atom stereocenters. The van der Waals surface area contributed by atoms with Gasteiger partial charge in [0.05, 0.1) is 17.5 Å². The summed E-state index contributed by atoms with van der Waals surface area (Å²) in [7, 11) is 1.99. The molecule has 206 valence electrons. The molecule has 0 aliphatic carbocycles. The van der Waals surface area contributed by atoms with Crippen LogP contribution in [0.25, 0.3) is 11.0 Å². The zero-order valence-electron chi connectivity index (χ0n) is 22.9. The number of likely N-dealkylation sites (tertiary alicyclic amines) is 1. The van der Waals surface area contributed by atoms with Gasteiger partial charge in [-0.3, -0.25) is 9.36 Å². The minimum Gasteiger partial charge on any atom is -0.444 e. The highest BCUT2D eigenvalue weighted by Gasteiger charge is 2.32. The molecule has 0 spiro atoms. The van der Waals surface area contributed by atoms with Crippen LogP contribution in [0.15, 0.2) is 18.6 Å². The average Bonchev–Trinajstić information content (AvgIpc) is 3.29. The Balaban J connectivity index is 1.59. The third-order valence-electron chi connectivity index (χ3n) is 6.56. The lowest BCUT2D eigenvalue weighted by Crippen LogP contribution is -2.52. The molecule has 1 saturated heterocycles. The highest BCUT2D eigenvalue weighted by Crippen LogP contribution is 2.29. The van der Waals surface area contributed by atoms with E-state index in [2.05, 4.69) is 32.4 Å². The van der Waals surface area contributed by atoms with Crippen molar-refractivity contribution in [3.05, 3.63) is 18.6 Å². The zero-order chi connectivity index (χ0) is 27.9. The molecule has 11 nitrogen and oxygen atoms in total. The van der Waals surface area contributed by atoms with E-state index < -0.39 is 11.7 Å². The molecule has 0 unspecified atom stereocenters. The van der Waals surface area contributed by atoms with E-state index >= 15 is 0 Å². The standard InChI is InChI=1S/C26H38N8O3S/c1-18-9-14-33(21(35)8-11-27)16-20(18)32(5)22-19-10-15-34(23(19)31-17-30-22)24(38)28-12-6-7-13-29-25(36)37-26(2,3)4/h10,15,17-18,20H,6-9,12-14,16H2,1-5H3,(H,28,38)(H,29,36)/t18-,20+/m1/s1. The largest absolute Gasteiger partial charge is 0.444 e. The third-order valence-corrected chi connectivity index (χ3v) is 6.90. The smallest absolute Gasteiger partial charge is 0.407 e. The molecule has 3 rings (SSSR count). The number of unbranched alkanes of at least 4 members (excludes halogenated alkanes) is 1. The van der Waals surface area contributed by atoms with Gasteiger partial charge in [0.1, 0.15) is 24.2 Å². The number of nitriles is 1. The van der Waals surface area contributed by atoms with Crippen molar-refractivity contribution in [1.29, 1.82) is 5.26 Å². The van der Waals surface area contributed by atoms with Crippen molar-refractivity contribution in [2.75, 3.05) is 38.1 Å². The summed E-state index contributed by atoms with van der Waals surface area (Å²) in [5, 5.41) is 16.3. The van der Waals surface area contributed by atoms with Gasteiger partial charge in [0.25, 0.3) is 0 Å². The second-order valence-corrected chi connectivity index (χ2v) is 11.0. The number of piperidine rings is 1. The van der Waals surface area contributed by atoms with Crippen LogP contribution in [0.4, 0.5) is 10.6 Å². The van der Waals surface area contributed by atoms with E-state index in [0.29, 0.717) is 42.9 Å². The molecule has 2 N–H and O–H groups in total. The van der Waals surface area contributed by atoms with Gasteiger partial charge in [-0.05, 0) is 64.2 Å². The topological polar surface area (TPSA) is 128 Å². The summed E-state index contributed by atoms with van der Waals surface area (Å²) in [6.07, 6.45) is 5.36. The third kappa shape index (κ3) is 7.54. The summed E-state index contributed by atoms with van der Waals surface area (Å²) in [5.74, 6) is 0.996. The highest BCUT2D eigenvalue weighted by molar-refractivity contribution is 7.80. The number of rotatable bonds is 8. The van der Waals surface area contributed by atoms with Crippen molar-refractivity contribution in [2.24, 2.45) is 5.92 Å². The number of alkyl carbamates (subject to hydrolysis) is 1. The number of likely N-dealkylation sites (N-methyl/N-ethyl adjacent to an activating group) is 1. The molecule has 3 heterocycles. The van der Waals surface area contributed by atoms with Gasteiger partial charge in [0, 0.05) is 39.4 Å². The second-order valence-electron chi connectivity index (χ2n) is 10.6. The maximum absolute atomic E-state index is 12.3. The summed E-state index contributed by atoms with van der Waals surface area (Å²) in [6, 6.07) is 3.97. The number of nitrogens with one attached hydrogen (secondary N) is 2. The quantitative estimate of drug-likeness (QED) is 0.382. The van der Waals surface area contributed by atoms with Gasteiger partial charge in [0.2, 0.25) is 5.91 Å². The van der Waals surface area contributed by atoms with Gasteiger partial charge in [-0.15, -0.1) is 0 Å². The average molecular weight is 543 g/mol. The molecule has 1 fully saturated rings. The van der Waals surface area contributed by atoms with E-state index in [-0.39, 0.29) is 18.4 Å². The predicted octanol–water partition coefficient (Wildman–Crippen LogP) is 3.05. The zero-order valence-corrected chi connectivity index (χ0v) is 23.7. The Labute approximate surface area is 229 Å².